The molecule has 1 fully saturated rings. The van der Waals surface area contributed by atoms with Crippen molar-refractivity contribution >= 4 is 28.9 Å². The molecule has 9 heteroatoms. The molecule has 1 saturated heterocycles. The van der Waals surface area contributed by atoms with Crippen LogP contribution in [0.25, 0.3) is 11.3 Å². The molecule has 0 spiro atoms. The molecular weight excluding hydrogens is 407 g/mol. The first-order chi connectivity index (χ1) is 14.4. The van der Waals surface area contributed by atoms with Gasteiger partial charge in [0, 0.05) is 36.6 Å². The molecular formula is C21H22ClFN6O. The minimum atomic E-state index is -0.466. The maximum atomic E-state index is 14.6. The smallest absolute Gasteiger partial charge is 0.291 e. The van der Waals surface area contributed by atoms with Crippen LogP contribution in [0.2, 0.25) is 5.15 Å². The fourth-order valence-electron chi connectivity index (χ4n) is 3.69. The van der Waals surface area contributed by atoms with Gasteiger partial charge in [-0.2, -0.15) is 0 Å². The largest absolute Gasteiger partial charge is 0.366 e. The van der Waals surface area contributed by atoms with Crippen LogP contribution in [0.1, 0.15) is 29.2 Å². The summed E-state index contributed by atoms with van der Waals surface area (Å²) in [7, 11) is 0. The topological polar surface area (TPSA) is 99.9 Å². The number of benzene rings is 1. The lowest BCUT2D eigenvalue weighted by Crippen LogP contribution is -2.43. The predicted molar refractivity (Wildman–Crippen MR) is 115 cm³/mol. The summed E-state index contributed by atoms with van der Waals surface area (Å²) < 4.78 is 14.6. The second-order valence-corrected chi connectivity index (χ2v) is 7.78. The highest BCUT2D eigenvalue weighted by atomic mass is 35.5. The summed E-state index contributed by atoms with van der Waals surface area (Å²) in [5.74, 6) is -0.753. The number of piperidine rings is 1. The van der Waals surface area contributed by atoms with Gasteiger partial charge in [0.05, 0.1) is 17.1 Å². The molecule has 1 aromatic carbocycles. The lowest BCUT2D eigenvalue weighted by Gasteiger charge is -2.34. The van der Waals surface area contributed by atoms with Crippen LogP contribution >= 0.6 is 11.6 Å². The number of aromatic nitrogens is 3. The Bertz CT molecular complexity index is 1060. The Balaban J connectivity index is 1.58. The molecule has 1 amide bonds. The van der Waals surface area contributed by atoms with E-state index in [0.717, 1.165) is 24.1 Å². The van der Waals surface area contributed by atoms with E-state index < -0.39 is 11.7 Å². The Morgan fingerprint density at radius 1 is 1.37 bits per heavy atom. The number of nitrogens with one attached hydrogen (secondary N) is 2. The number of H-pyrrole nitrogens is 1. The Morgan fingerprint density at radius 3 is 2.97 bits per heavy atom. The van der Waals surface area contributed by atoms with Crippen molar-refractivity contribution in [2.45, 2.75) is 25.8 Å². The maximum Gasteiger partial charge on any atom is 0.291 e. The van der Waals surface area contributed by atoms with Crippen LogP contribution in [-0.4, -0.2) is 40.0 Å². The fraction of sp³-hybridized carbons (Fsp3) is 0.286. The Labute approximate surface area is 178 Å². The van der Waals surface area contributed by atoms with Crippen LogP contribution in [-0.2, 0) is 0 Å². The first-order valence-corrected chi connectivity index (χ1v) is 10.1. The zero-order valence-corrected chi connectivity index (χ0v) is 17.2. The van der Waals surface area contributed by atoms with Crippen molar-refractivity contribution in [2.75, 3.05) is 23.3 Å². The summed E-state index contributed by atoms with van der Waals surface area (Å²) in [5.41, 5.74) is 8.85. The highest BCUT2D eigenvalue weighted by Gasteiger charge is 2.23. The van der Waals surface area contributed by atoms with E-state index in [9.17, 15) is 9.18 Å². The van der Waals surface area contributed by atoms with Crippen LogP contribution in [0.4, 0.5) is 15.8 Å². The number of nitrogens with zero attached hydrogens (tertiary/aromatic N) is 3. The number of rotatable bonds is 4. The van der Waals surface area contributed by atoms with Gasteiger partial charge in [-0.15, -0.1) is 0 Å². The third-order valence-corrected chi connectivity index (χ3v) is 5.21. The first kappa shape index (κ1) is 20.3. The zero-order chi connectivity index (χ0) is 21.3. The van der Waals surface area contributed by atoms with E-state index in [4.69, 9.17) is 17.3 Å². The second kappa shape index (κ2) is 8.41. The van der Waals surface area contributed by atoms with Crippen molar-refractivity contribution < 1.29 is 9.18 Å². The quantitative estimate of drug-likeness (QED) is 0.549. The van der Waals surface area contributed by atoms with Gasteiger partial charge in [0.2, 0.25) is 0 Å². The zero-order valence-electron chi connectivity index (χ0n) is 16.5. The molecule has 0 radical (unpaired) electrons. The molecule has 1 aliphatic heterocycles. The van der Waals surface area contributed by atoms with Gasteiger partial charge < -0.3 is 20.9 Å². The highest BCUT2D eigenvalue weighted by Crippen LogP contribution is 2.31. The number of aryl methyl sites for hydroxylation is 1. The van der Waals surface area contributed by atoms with E-state index in [1.165, 1.54) is 6.07 Å². The number of para-hydroxylation sites is 1. The molecule has 3 aromatic rings. The van der Waals surface area contributed by atoms with Crippen molar-refractivity contribution in [2.24, 2.45) is 5.73 Å². The maximum absolute atomic E-state index is 14.6. The molecule has 0 aliphatic carbocycles. The number of carbonyl (C=O) groups is 1. The number of carbonyl (C=O) groups excluding carboxylic acids is 1. The summed E-state index contributed by atoms with van der Waals surface area (Å²) in [6.07, 6.45) is 3.40. The first-order valence-electron chi connectivity index (χ1n) is 9.71. The standard InChI is InChI=1S/C21H22ClFN6O/c1-12-8-13(9-18(22)26-12)17-10-25-20(27-17)21(30)28-16-6-2-5-15(23)19(16)29-7-3-4-14(24)11-29/h2,5-6,8-10,14H,3-4,7,11,24H2,1H3,(H,25,27)(H,28,30). The van der Waals surface area contributed by atoms with E-state index >= 15 is 0 Å². The number of nitrogens with two attached hydrogens (primary N) is 1. The van der Waals surface area contributed by atoms with Crippen LogP contribution in [0.5, 0.6) is 0 Å². The average Bonchev–Trinajstić information content (AvgIpc) is 3.18. The number of halogens is 2. The van der Waals surface area contributed by atoms with E-state index in [1.807, 2.05) is 17.9 Å². The van der Waals surface area contributed by atoms with Crippen molar-refractivity contribution in [3.05, 3.63) is 59.0 Å². The summed E-state index contributed by atoms with van der Waals surface area (Å²) in [6.45, 7) is 3.05. The van der Waals surface area contributed by atoms with Crippen molar-refractivity contribution in [3.63, 3.8) is 0 Å². The summed E-state index contributed by atoms with van der Waals surface area (Å²) in [5, 5.41) is 3.12. The predicted octanol–water partition coefficient (Wildman–Crippen LogP) is 3.75. The van der Waals surface area contributed by atoms with Gasteiger partial charge in [0.15, 0.2) is 5.82 Å². The SMILES string of the molecule is Cc1cc(-c2c[nH]c(C(=O)Nc3cccc(F)c3N3CCCC(N)C3)n2)cc(Cl)n1. The molecule has 30 heavy (non-hydrogen) atoms. The van der Waals surface area contributed by atoms with Crippen LogP contribution in [0, 0.1) is 12.7 Å². The minimum Gasteiger partial charge on any atom is -0.366 e. The van der Waals surface area contributed by atoms with Crippen molar-refractivity contribution in [3.8, 4) is 11.3 Å². The van der Waals surface area contributed by atoms with E-state index in [2.05, 4.69) is 20.3 Å². The summed E-state index contributed by atoms with van der Waals surface area (Å²) in [6, 6.07) is 8.10. The fourth-order valence-corrected chi connectivity index (χ4v) is 3.94. The molecule has 4 rings (SSSR count). The van der Waals surface area contributed by atoms with E-state index in [-0.39, 0.29) is 11.9 Å². The van der Waals surface area contributed by atoms with E-state index in [0.29, 0.717) is 35.3 Å². The Hall–Kier alpha value is -2.97. The Morgan fingerprint density at radius 2 is 2.20 bits per heavy atom. The normalized spacial score (nSPS) is 16.5. The van der Waals surface area contributed by atoms with Gasteiger partial charge in [0.25, 0.3) is 5.91 Å². The van der Waals surface area contributed by atoms with Crippen molar-refractivity contribution in [1.82, 2.24) is 15.0 Å². The second-order valence-electron chi connectivity index (χ2n) is 7.39. The average molecular weight is 429 g/mol. The number of amides is 1. The highest BCUT2D eigenvalue weighted by molar-refractivity contribution is 6.29. The monoisotopic (exact) mass is 428 g/mol. The molecule has 156 valence electrons. The lowest BCUT2D eigenvalue weighted by molar-refractivity contribution is 0.101. The third-order valence-electron chi connectivity index (χ3n) is 5.02. The number of anilines is 2. The van der Waals surface area contributed by atoms with Crippen LogP contribution in [0.3, 0.4) is 0 Å². The molecule has 4 N–H and O–H groups in total. The molecule has 3 heterocycles. The number of aromatic amines is 1. The van der Waals surface area contributed by atoms with Gasteiger partial charge >= 0.3 is 0 Å². The van der Waals surface area contributed by atoms with Gasteiger partial charge in [-0.3, -0.25) is 4.79 Å². The van der Waals surface area contributed by atoms with Gasteiger partial charge in [-0.25, -0.2) is 14.4 Å². The molecule has 2 aromatic heterocycles. The third kappa shape index (κ3) is 4.29. The van der Waals surface area contributed by atoms with Crippen molar-refractivity contribution in [1.29, 1.82) is 0 Å². The van der Waals surface area contributed by atoms with Gasteiger partial charge in [-0.05, 0) is 44.0 Å². The molecule has 1 atom stereocenters. The van der Waals surface area contributed by atoms with Gasteiger partial charge in [0.1, 0.15) is 11.0 Å². The van der Waals surface area contributed by atoms with Crippen LogP contribution in [0.15, 0.2) is 36.5 Å². The minimum absolute atomic E-state index is 0.0230. The lowest BCUT2D eigenvalue weighted by atomic mass is 10.1. The molecule has 1 unspecified atom stereocenters. The molecule has 1 aliphatic rings. The number of imidazole rings is 1. The molecule has 0 bridgehead atoms. The summed E-state index contributed by atoms with van der Waals surface area (Å²) in [4.78, 5) is 26.0. The van der Waals surface area contributed by atoms with Gasteiger partial charge in [-0.1, -0.05) is 17.7 Å². The summed E-state index contributed by atoms with van der Waals surface area (Å²) >= 11 is 6.02. The Kier molecular flexibility index (Phi) is 5.69. The van der Waals surface area contributed by atoms with Crippen LogP contribution < -0.4 is 16.0 Å². The molecule has 7 nitrogen and oxygen atoms in total. The number of hydrogen-bond donors (Lipinski definition) is 3. The van der Waals surface area contributed by atoms with E-state index in [1.54, 1.807) is 24.4 Å². The molecule has 0 saturated carbocycles. The number of hydrogen-bond acceptors (Lipinski definition) is 5. The number of pyridine rings is 1.